The Morgan fingerprint density at radius 2 is 1.61 bits per heavy atom. The summed E-state index contributed by atoms with van der Waals surface area (Å²) in [5, 5.41) is -0.380. The Morgan fingerprint density at radius 1 is 0.944 bits per heavy atom. The molecule has 2 aromatic rings. The lowest BCUT2D eigenvalue weighted by atomic mass is 10.1. The van der Waals surface area contributed by atoms with Crippen molar-refractivity contribution in [1.82, 2.24) is 4.98 Å². The molecule has 2 rings (SSSR count). The van der Waals surface area contributed by atoms with Gasteiger partial charge in [0.15, 0.2) is 0 Å². The van der Waals surface area contributed by atoms with Crippen LogP contribution in [-0.2, 0) is 6.18 Å². The zero-order valence-corrected chi connectivity index (χ0v) is 9.56. The van der Waals surface area contributed by atoms with E-state index in [1.807, 2.05) is 0 Å². The van der Waals surface area contributed by atoms with Crippen molar-refractivity contribution in [3.63, 3.8) is 0 Å². The number of rotatable bonds is 1. The van der Waals surface area contributed by atoms with Crippen LogP contribution in [-0.4, -0.2) is 4.98 Å². The van der Waals surface area contributed by atoms with Crippen molar-refractivity contribution in [1.29, 1.82) is 0 Å². The number of aromatic nitrogens is 1. The summed E-state index contributed by atoms with van der Waals surface area (Å²) in [6.07, 6.45) is -4.57. The van der Waals surface area contributed by atoms with Crippen LogP contribution in [0.3, 0.4) is 0 Å². The van der Waals surface area contributed by atoms with Crippen LogP contribution in [0.2, 0.25) is 5.15 Å². The lowest BCUT2D eigenvalue weighted by molar-refractivity contribution is -0.141. The summed E-state index contributed by atoms with van der Waals surface area (Å²) >= 11 is 5.66. The van der Waals surface area contributed by atoms with Crippen LogP contribution in [0.1, 0.15) is 5.69 Å². The molecular formula is C12H6ClF4N. The van der Waals surface area contributed by atoms with Crippen LogP contribution in [0.25, 0.3) is 11.1 Å². The quantitative estimate of drug-likeness (QED) is 0.549. The predicted octanol–water partition coefficient (Wildman–Crippen LogP) is 4.56. The average molecular weight is 276 g/mol. The van der Waals surface area contributed by atoms with Gasteiger partial charge in [0.2, 0.25) is 0 Å². The van der Waals surface area contributed by atoms with Crippen molar-refractivity contribution < 1.29 is 17.6 Å². The molecule has 0 N–H and O–H groups in total. The fourth-order valence-electron chi connectivity index (χ4n) is 1.47. The fourth-order valence-corrected chi connectivity index (χ4v) is 1.73. The molecule has 1 aromatic carbocycles. The zero-order chi connectivity index (χ0) is 13.3. The number of benzene rings is 1. The summed E-state index contributed by atoms with van der Waals surface area (Å²) in [6.45, 7) is 0. The average Bonchev–Trinajstić information content (AvgIpc) is 2.29. The van der Waals surface area contributed by atoms with Crippen LogP contribution in [0.15, 0.2) is 36.4 Å². The third-order valence-electron chi connectivity index (χ3n) is 2.30. The monoisotopic (exact) mass is 275 g/mol. The molecule has 0 radical (unpaired) electrons. The Hall–Kier alpha value is -1.62. The van der Waals surface area contributed by atoms with Crippen molar-refractivity contribution in [2.45, 2.75) is 6.18 Å². The first-order valence-corrected chi connectivity index (χ1v) is 5.26. The minimum atomic E-state index is -4.57. The molecule has 0 amide bonds. The van der Waals surface area contributed by atoms with Crippen molar-refractivity contribution >= 4 is 11.6 Å². The van der Waals surface area contributed by atoms with Gasteiger partial charge in [-0.25, -0.2) is 9.37 Å². The molecular weight excluding hydrogens is 270 g/mol. The molecule has 0 spiro atoms. The second-order valence-corrected chi connectivity index (χ2v) is 3.87. The number of halogens is 5. The molecule has 94 valence electrons. The molecule has 6 heteroatoms. The molecule has 0 aliphatic heterocycles. The van der Waals surface area contributed by atoms with Gasteiger partial charge in [-0.2, -0.15) is 13.2 Å². The number of alkyl halides is 3. The first kappa shape index (κ1) is 12.8. The normalized spacial score (nSPS) is 11.6. The Kier molecular flexibility index (Phi) is 3.26. The van der Waals surface area contributed by atoms with Crippen LogP contribution < -0.4 is 0 Å². The largest absolute Gasteiger partial charge is 0.433 e. The molecule has 1 heterocycles. The number of nitrogens with zero attached hydrogens (tertiary/aromatic N) is 1. The summed E-state index contributed by atoms with van der Waals surface area (Å²) in [6, 6.07) is 7.54. The summed E-state index contributed by atoms with van der Waals surface area (Å²) in [5.74, 6) is -0.569. The van der Waals surface area contributed by atoms with Gasteiger partial charge in [-0.15, -0.1) is 0 Å². The van der Waals surface area contributed by atoms with Gasteiger partial charge in [-0.1, -0.05) is 29.8 Å². The number of hydrogen-bond acceptors (Lipinski definition) is 1. The Balaban J connectivity index is 2.52. The fraction of sp³-hybridized carbons (Fsp3) is 0.0833. The zero-order valence-electron chi connectivity index (χ0n) is 8.80. The molecule has 0 bridgehead atoms. The predicted molar refractivity (Wildman–Crippen MR) is 59.6 cm³/mol. The van der Waals surface area contributed by atoms with E-state index in [-0.39, 0.29) is 16.3 Å². The molecule has 0 aliphatic carbocycles. The van der Waals surface area contributed by atoms with Gasteiger partial charge in [0.05, 0.1) is 0 Å². The van der Waals surface area contributed by atoms with Crippen LogP contribution in [0.4, 0.5) is 17.6 Å². The van der Waals surface area contributed by atoms with Crippen molar-refractivity contribution in [3.8, 4) is 11.1 Å². The van der Waals surface area contributed by atoms with E-state index < -0.39 is 17.7 Å². The van der Waals surface area contributed by atoms with E-state index in [1.165, 1.54) is 18.2 Å². The van der Waals surface area contributed by atoms with Crippen LogP contribution in [0.5, 0.6) is 0 Å². The summed E-state index contributed by atoms with van der Waals surface area (Å²) < 4.78 is 50.6. The first-order chi connectivity index (χ1) is 8.39. The molecule has 0 unspecified atom stereocenters. The highest BCUT2D eigenvalue weighted by Gasteiger charge is 2.33. The van der Waals surface area contributed by atoms with Gasteiger partial charge >= 0.3 is 6.18 Å². The lowest BCUT2D eigenvalue weighted by Gasteiger charge is -2.09. The van der Waals surface area contributed by atoms with E-state index >= 15 is 0 Å². The van der Waals surface area contributed by atoms with Gasteiger partial charge in [0, 0.05) is 11.1 Å². The van der Waals surface area contributed by atoms with Crippen molar-refractivity contribution in [2.75, 3.05) is 0 Å². The Labute approximate surface area is 105 Å². The Morgan fingerprint density at radius 3 is 2.17 bits per heavy atom. The second-order valence-electron chi connectivity index (χ2n) is 3.51. The van der Waals surface area contributed by atoms with E-state index in [9.17, 15) is 17.6 Å². The SMILES string of the molecule is Fc1ccccc1-c1ccc(C(F)(F)F)nc1Cl. The molecule has 18 heavy (non-hydrogen) atoms. The molecule has 0 aliphatic rings. The topological polar surface area (TPSA) is 12.9 Å². The van der Waals surface area contributed by atoms with Gasteiger partial charge in [0.25, 0.3) is 0 Å². The summed E-state index contributed by atoms with van der Waals surface area (Å²) in [7, 11) is 0. The second kappa shape index (κ2) is 4.57. The van der Waals surface area contributed by atoms with Gasteiger partial charge in [-0.3, -0.25) is 0 Å². The maximum Gasteiger partial charge on any atom is 0.433 e. The maximum atomic E-state index is 13.5. The highest BCUT2D eigenvalue weighted by molar-refractivity contribution is 6.32. The smallest absolute Gasteiger partial charge is 0.231 e. The van der Waals surface area contributed by atoms with Crippen molar-refractivity contribution in [2.24, 2.45) is 0 Å². The summed E-state index contributed by atoms with van der Waals surface area (Å²) in [5.41, 5.74) is -0.862. The standard InChI is InChI=1S/C12H6ClF4N/c13-11-8(7-3-1-2-4-9(7)14)5-6-10(18-11)12(15,16)17/h1-6H. The van der Waals surface area contributed by atoms with Crippen molar-refractivity contribution in [3.05, 3.63) is 53.1 Å². The number of pyridine rings is 1. The lowest BCUT2D eigenvalue weighted by Crippen LogP contribution is -2.08. The van der Waals surface area contributed by atoms with Crippen LogP contribution in [0, 0.1) is 5.82 Å². The molecule has 0 saturated heterocycles. The van der Waals surface area contributed by atoms with E-state index in [1.54, 1.807) is 6.07 Å². The Bertz CT molecular complexity index is 581. The van der Waals surface area contributed by atoms with E-state index in [0.717, 1.165) is 12.1 Å². The molecule has 1 nitrogen and oxygen atoms in total. The molecule has 1 aromatic heterocycles. The minimum absolute atomic E-state index is 0.115. The highest BCUT2D eigenvalue weighted by atomic mass is 35.5. The molecule has 0 atom stereocenters. The minimum Gasteiger partial charge on any atom is -0.231 e. The van der Waals surface area contributed by atoms with Gasteiger partial charge < -0.3 is 0 Å². The third kappa shape index (κ3) is 2.46. The maximum absolute atomic E-state index is 13.5. The number of hydrogen-bond donors (Lipinski definition) is 0. The molecule has 0 saturated carbocycles. The first-order valence-electron chi connectivity index (χ1n) is 4.88. The summed E-state index contributed by atoms with van der Waals surface area (Å²) in [4.78, 5) is 3.24. The molecule has 0 fully saturated rings. The highest BCUT2D eigenvalue weighted by Crippen LogP contribution is 2.33. The van der Waals surface area contributed by atoms with Gasteiger partial charge in [-0.05, 0) is 18.2 Å². The van der Waals surface area contributed by atoms with E-state index in [2.05, 4.69) is 4.98 Å². The van der Waals surface area contributed by atoms with E-state index in [0.29, 0.717) is 0 Å². The van der Waals surface area contributed by atoms with E-state index in [4.69, 9.17) is 11.6 Å². The third-order valence-corrected chi connectivity index (χ3v) is 2.59. The van der Waals surface area contributed by atoms with Gasteiger partial charge in [0.1, 0.15) is 16.7 Å². The van der Waals surface area contributed by atoms with Crippen LogP contribution >= 0.6 is 11.6 Å².